The van der Waals surface area contributed by atoms with E-state index in [1.54, 1.807) is 0 Å². The first-order valence-corrected chi connectivity index (χ1v) is 12.0. The summed E-state index contributed by atoms with van der Waals surface area (Å²) in [4.78, 5) is 13.4. The molecule has 0 aliphatic carbocycles. The smallest absolute Gasteiger partial charge is 0.129 e. The van der Waals surface area contributed by atoms with Crippen LogP contribution in [-0.2, 0) is 7.05 Å². The minimum absolute atomic E-state index is 0.610. The fraction of sp³-hybridized carbons (Fsp3) is 0.321. The first kappa shape index (κ1) is 24.4. The number of benzene rings is 1. The highest BCUT2D eigenvalue weighted by molar-refractivity contribution is 5.88. The molecule has 0 radical (unpaired) electrons. The molecule has 1 fully saturated rings. The van der Waals surface area contributed by atoms with Gasteiger partial charge in [0, 0.05) is 56.7 Å². The number of fused-ring (bicyclic) bond motifs is 1. The number of piperidine rings is 1. The predicted octanol–water partition coefficient (Wildman–Crippen LogP) is 4.93. The van der Waals surface area contributed by atoms with E-state index in [1.807, 2.05) is 55.7 Å². The van der Waals surface area contributed by atoms with Crippen molar-refractivity contribution in [3.63, 3.8) is 0 Å². The highest BCUT2D eigenvalue weighted by atomic mass is 15.2. The van der Waals surface area contributed by atoms with E-state index in [0.29, 0.717) is 6.04 Å². The van der Waals surface area contributed by atoms with Gasteiger partial charge in [-0.15, -0.1) is 0 Å². The van der Waals surface area contributed by atoms with E-state index in [2.05, 4.69) is 81.2 Å². The quantitative estimate of drug-likeness (QED) is 0.447. The van der Waals surface area contributed by atoms with Gasteiger partial charge in [-0.2, -0.15) is 5.10 Å². The molecule has 1 saturated heterocycles. The van der Waals surface area contributed by atoms with Gasteiger partial charge in [0.15, 0.2) is 0 Å². The maximum Gasteiger partial charge on any atom is 0.129 e. The van der Waals surface area contributed by atoms with Crippen LogP contribution in [0.5, 0.6) is 0 Å². The molecule has 0 unspecified atom stereocenters. The van der Waals surface area contributed by atoms with Crippen LogP contribution in [0.4, 0.5) is 11.6 Å². The minimum Gasteiger partial charge on any atom is -0.373 e. The molecule has 35 heavy (non-hydrogen) atoms. The van der Waals surface area contributed by atoms with E-state index in [-0.39, 0.29) is 0 Å². The average molecular weight is 470 g/mol. The molecule has 7 heteroatoms. The second-order valence-corrected chi connectivity index (χ2v) is 9.08. The van der Waals surface area contributed by atoms with Gasteiger partial charge in [0.2, 0.25) is 0 Å². The predicted molar refractivity (Wildman–Crippen MR) is 147 cm³/mol. The molecule has 182 valence electrons. The van der Waals surface area contributed by atoms with Gasteiger partial charge < -0.3 is 15.1 Å². The SMILES string of the molecule is C=Cc1ccnc(N(C)C2CCN(C)CC2)c1.CNc1cc2cc(-c3cnn(C)c3)ccc2cn1. The molecule has 0 amide bonds. The molecule has 4 heterocycles. The molecule has 5 rings (SSSR count). The monoisotopic (exact) mass is 469 g/mol. The largest absolute Gasteiger partial charge is 0.373 e. The van der Waals surface area contributed by atoms with E-state index < -0.39 is 0 Å². The van der Waals surface area contributed by atoms with Crippen molar-refractivity contribution >= 4 is 28.5 Å². The van der Waals surface area contributed by atoms with Gasteiger partial charge in [0.25, 0.3) is 0 Å². The van der Waals surface area contributed by atoms with Crippen molar-refractivity contribution in [2.45, 2.75) is 18.9 Å². The van der Waals surface area contributed by atoms with Crippen LogP contribution in [0, 0.1) is 0 Å². The average Bonchev–Trinajstić information content (AvgIpc) is 3.34. The number of aryl methyl sites for hydroxylation is 1. The van der Waals surface area contributed by atoms with Crippen LogP contribution < -0.4 is 10.2 Å². The first-order valence-electron chi connectivity index (χ1n) is 12.0. The number of likely N-dealkylation sites (tertiary alicyclic amines) is 1. The number of pyridine rings is 2. The molecular weight excluding hydrogens is 434 g/mol. The molecule has 0 atom stereocenters. The molecule has 7 nitrogen and oxygen atoms in total. The second-order valence-electron chi connectivity index (χ2n) is 9.08. The number of hydrogen-bond acceptors (Lipinski definition) is 6. The first-order chi connectivity index (χ1) is 17.0. The van der Waals surface area contributed by atoms with Crippen molar-refractivity contribution in [2.24, 2.45) is 7.05 Å². The Hall–Kier alpha value is -3.71. The van der Waals surface area contributed by atoms with E-state index in [4.69, 9.17) is 0 Å². The summed E-state index contributed by atoms with van der Waals surface area (Å²) < 4.78 is 1.81. The zero-order valence-electron chi connectivity index (χ0n) is 21.1. The number of rotatable bonds is 5. The number of hydrogen-bond donors (Lipinski definition) is 1. The summed E-state index contributed by atoms with van der Waals surface area (Å²) >= 11 is 0. The van der Waals surface area contributed by atoms with Crippen LogP contribution in [-0.4, -0.2) is 64.9 Å². The lowest BCUT2D eigenvalue weighted by atomic mass is 10.0. The number of nitrogens with zero attached hydrogens (tertiary/aromatic N) is 6. The lowest BCUT2D eigenvalue weighted by Crippen LogP contribution is -2.42. The van der Waals surface area contributed by atoms with Gasteiger partial charge in [-0.3, -0.25) is 4.68 Å². The lowest BCUT2D eigenvalue weighted by molar-refractivity contribution is 0.252. The van der Waals surface area contributed by atoms with E-state index in [0.717, 1.165) is 28.1 Å². The summed E-state index contributed by atoms with van der Waals surface area (Å²) in [7, 11) is 8.13. The van der Waals surface area contributed by atoms with Gasteiger partial charge in [0.05, 0.1) is 6.20 Å². The van der Waals surface area contributed by atoms with Crippen LogP contribution in [0.15, 0.2) is 67.8 Å². The van der Waals surface area contributed by atoms with Gasteiger partial charge in [-0.1, -0.05) is 24.8 Å². The lowest BCUT2D eigenvalue weighted by Gasteiger charge is -2.35. The van der Waals surface area contributed by atoms with Crippen molar-refractivity contribution in [3.05, 3.63) is 73.3 Å². The Morgan fingerprint density at radius 3 is 2.49 bits per heavy atom. The highest BCUT2D eigenvalue weighted by Crippen LogP contribution is 2.25. The van der Waals surface area contributed by atoms with Crippen molar-refractivity contribution in [3.8, 4) is 11.1 Å². The Bertz CT molecular complexity index is 1270. The Balaban J connectivity index is 0.000000165. The van der Waals surface area contributed by atoms with Crippen molar-refractivity contribution in [1.29, 1.82) is 0 Å². The number of nitrogens with one attached hydrogen (secondary N) is 1. The zero-order chi connectivity index (χ0) is 24.8. The Morgan fingerprint density at radius 1 is 1.00 bits per heavy atom. The third-order valence-corrected chi connectivity index (χ3v) is 6.62. The van der Waals surface area contributed by atoms with Crippen molar-refractivity contribution in [1.82, 2.24) is 24.6 Å². The van der Waals surface area contributed by atoms with Crippen LogP contribution >= 0.6 is 0 Å². The van der Waals surface area contributed by atoms with Crippen LogP contribution in [0.25, 0.3) is 28.0 Å². The summed E-state index contributed by atoms with van der Waals surface area (Å²) in [5.74, 6) is 1.93. The molecule has 0 saturated carbocycles. The molecule has 1 aliphatic heterocycles. The summed E-state index contributed by atoms with van der Waals surface area (Å²) in [5.41, 5.74) is 3.43. The topological polar surface area (TPSA) is 62.1 Å². The second kappa shape index (κ2) is 11.1. The minimum atomic E-state index is 0.610. The fourth-order valence-electron chi connectivity index (χ4n) is 4.35. The van der Waals surface area contributed by atoms with Gasteiger partial charge in [-0.05, 0) is 73.8 Å². The van der Waals surface area contributed by atoms with E-state index >= 15 is 0 Å². The van der Waals surface area contributed by atoms with Gasteiger partial charge in [0.1, 0.15) is 11.6 Å². The summed E-state index contributed by atoms with van der Waals surface area (Å²) in [5, 5.41) is 9.57. The van der Waals surface area contributed by atoms with Crippen LogP contribution in [0.2, 0.25) is 0 Å². The molecule has 0 spiro atoms. The summed E-state index contributed by atoms with van der Waals surface area (Å²) in [6.45, 7) is 6.15. The molecule has 0 bridgehead atoms. The van der Waals surface area contributed by atoms with Gasteiger partial charge in [-0.25, -0.2) is 9.97 Å². The van der Waals surface area contributed by atoms with Crippen LogP contribution in [0.3, 0.4) is 0 Å². The standard InChI is InChI=1S/C14H14N4.C14H21N3/c1-15-14-6-12-5-10(3-4-11(12)7-16-14)13-8-17-18(2)9-13;1-4-12-5-8-15-14(11-12)17(3)13-6-9-16(2)10-7-13/h3-9H,1-2H3,(H,15,16);4-5,8,11,13H,1,6-7,9-10H2,2-3H3. The van der Waals surface area contributed by atoms with Crippen LogP contribution in [0.1, 0.15) is 18.4 Å². The van der Waals surface area contributed by atoms with Gasteiger partial charge >= 0.3 is 0 Å². The Labute approximate surface area is 208 Å². The third kappa shape index (κ3) is 6.05. The highest BCUT2D eigenvalue weighted by Gasteiger charge is 2.21. The summed E-state index contributed by atoms with van der Waals surface area (Å²) in [6, 6.07) is 13.1. The normalized spacial score (nSPS) is 14.3. The Kier molecular flexibility index (Phi) is 7.77. The number of anilines is 2. The zero-order valence-corrected chi connectivity index (χ0v) is 21.1. The molecule has 3 aromatic heterocycles. The molecule has 1 N–H and O–H groups in total. The fourth-order valence-corrected chi connectivity index (χ4v) is 4.35. The third-order valence-electron chi connectivity index (χ3n) is 6.62. The molecule has 4 aromatic rings. The van der Waals surface area contributed by atoms with E-state index in [1.165, 1.54) is 36.9 Å². The molecule has 1 aromatic carbocycles. The maximum absolute atomic E-state index is 4.45. The van der Waals surface area contributed by atoms with E-state index in [9.17, 15) is 0 Å². The summed E-state index contributed by atoms with van der Waals surface area (Å²) in [6.07, 6.45) is 11.9. The molecular formula is C28H35N7. The van der Waals surface area contributed by atoms with Crippen molar-refractivity contribution in [2.75, 3.05) is 44.4 Å². The molecule has 1 aliphatic rings. The Morgan fingerprint density at radius 2 is 1.80 bits per heavy atom. The number of aromatic nitrogens is 4. The maximum atomic E-state index is 4.45. The van der Waals surface area contributed by atoms with Crippen molar-refractivity contribution < 1.29 is 0 Å².